The number of nitrogens with one attached hydrogen (secondary N) is 1. The van der Waals surface area contributed by atoms with Crippen LogP contribution in [0.2, 0.25) is 35.9 Å². The van der Waals surface area contributed by atoms with Gasteiger partial charge in [0.1, 0.15) is 23.2 Å². The van der Waals surface area contributed by atoms with E-state index in [1.165, 1.54) is 0 Å². The molecule has 2 bridgehead atoms. The molecule has 10 nitrogen and oxygen atoms in total. The van der Waals surface area contributed by atoms with E-state index in [1.807, 2.05) is 29.1 Å². The number of aromatic nitrogens is 5. The highest BCUT2D eigenvalue weighted by molar-refractivity contribution is 6.76. The minimum atomic E-state index is -1.24. The average Bonchev–Trinajstić information content (AvgIpc) is 3.50. The van der Waals surface area contributed by atoms with Gasteiger partial charge in [0.25, 0.3) is 0 Å². The molecule has 5 heterocycles. The second-order valence-corrected chi connectivity index (χ2v) is 18.8. The summed E-state index contributed by atoms with van der Waals surface area (Å²) in [5.41, 5.74) is 3.85. The lowest BCUT2D eigenvalue weighted by molar-refractivity contribution is 0.0899. The third kappa shape index (κ3) is 5.40. The number of halogens is 2. The second kappa shape index (κ2) is 10.8. The summed E-state index contributed by atoms with van der Waals surface area (Å²) in [5.74, 6) is 0.809. The van der Waals surface area contributed by atoms with Gasteiger partial charge in [-0.15, -0.1) is 0 Å². The summed E-state index contributed by atoms with van der Waals surface area (Å²) < 4.78 is 9.78. The molecule has 2 aliphatic rings. The summed E-state index contributed by atoms with van der Waals surface area (Å²) in [6.45, 7) is 8.04. The Morgan fingerprint density at radius 3 is 2.59 bits per heavy atom. The smallest absolute Gasteiger partial charge is 0.404 e. The van der Waals surface area contributed by atoms with Gasteiger partial charge in [-0.25, -0.2) is 14.8 Å². The number of benzene rings is 1. The molecule has 2 N–H and O–H groups in total. The zero-order valence-electron chi connectivity index (χ0n) is 23.7. The molecule has 1 aromatic carbocycles. The zero-order chi connectivity index (χ0) is 29.1. The molecule has 2 aliphatic heterocycles. The van der Waals surface area contributed by atoms with E-state index in [9.17, 15) is 9.90 Å². The van der Waals surface area contributed by atoms with Crippen molar-refractivity contribution in [2.24, 2.45) is 7.05 Å². The number of aryl methyl sites for hydroxylation is 1. The predicted octanol–water partition coefficient (Wildman–Crippen LogP) is 6.37. The van der Waals surface area contributed by atoms with Crippen LogP contribution in [0.4, 0.5) is 10.6 Å². The topological polar surface area (TPSA) is 110 Å². The largest absolute Gasteiger partial charge is 0.465 e. The second-order valence-electron chi connectivity index (χ2n) is 12.4. The van der Waals surface area contributed by atoms with Gasteiger partial charge < -0.3 is 24.6 Å². The van der Waals surface area contributed by atoms with Crippen LogP contribution >= 0.6 is 23.2 Å². The van der Waals surface area contributed by atoms with Gasteiger partial charge in [0.2, 0.25) is 0 Å². The SMILES string of the molecule is Cn1nc2ccc(-c3cn(COCC[Si](C)(C)C)c4nc(N5C6CCC5CC(NC(=O)O)C6)cnc34)c(Cl)c2c1Cl. The molecule has 0 saturated carbocycles. The van der Waals surface area contributed by atoms with Crippen LogP contribution in [0.3, 0.4) is 0 Å². The fourth-order valence-corrected chi connectivity index (χ4v) is 7.65. The van der Waals surface area contributed by atoms with Crippen LogP contribution in [-0.2, 0) is 18.5 Å². The lowest BCUT2D eigenvalue weighted by Crippen LogP contribution is -2.50. The van der Waals surface area contributed by atoms with Crippen molar-refractivity contribution in [2.75, 3.05) is 11.5 Å². The van der Waals surface area contributed by atoms with Gasteiger partial charge in [0, 0.05) is 57.2 Å². The first-order valence-corrected chi connectivity index (χ1v) is 18.5. The Labute approximate surface area is 249 Å². The number of ether oxygens (including phenoxy) is 1. The maximum Gasteiger partial charge on any atom is 0.404 e. The molecule has 4 aromatic rings. The number of hydrogen-bond donors (Lipinski definition) is 2. The summed E-state index contributed by atoms with van der Waals surface area (Å²) in [5, 5.41) is 18.1. The van der Waals surface area contributed by atoms with Crippen LogP contribution in [-0.4, -0.2) is 68.3 Å². The average molecular weight is 617 g/mol. The Balaban J connectivity index is 1.39. The van der Waals surface area contributed by atoms with Crippen LogP contribution in [0, 0.1) is 0 Å². The number of rotatable bonds is 8. The molecule has 13 heteroatoms. The standard InChI is InChI=1S/C28H35Cl2N7O3Si/c1-35-26(30)23-21(34-35)8-7-19(24(23)29)20-14-36(15-40-9-10-41(2,3)4)27-25(20)31-13-22(33-27)37-17-5-6-18(37)12-16(11-17)32-28(38)39/h7-8,13-14,16-18,32H,5-6,9-12,15H2,1-4H3,(H,38,39). The van der Waals surface area contributed by atoms with Gasteiger partial charge in [-0.2, -0.15) is 5.10 Å². The number of amides is 1. The Morgan fingerprint density at radius 1 is 1.17 bits per heavy atom. The highest BCUT2D eigenvalue weighted by atomic mass is 35.5. The van der Waals surface area contributed by atoms with Crippen molar-refractivity contribution in [1.29, 1.82) is 0 Å². The lowest BCUT2D eigenvalue weighted by atomic mass is 9.97. The number of piperidine rings is 1. The van der Waals surface area contributed by atoms with Crippen LogP contribution < -0.4 is 10.2 Å². The zero-order valence-corrected chi connectivity index (χ0v) is 26.2. The van der Waals surface area contributed by atoms with Gasteiger partial charge in [0.15, 0.2) is 5.65 Å². The van der Waals surface area contributed by atoms with E-state index in [1.54, 1.807) is 11.7 Å². The van der Waals surface area contributed by atoms with Crippen molar-refractivity contribution in [3.05, 3.63) is 34.7 Å². The molecular formula is C28H35Cl2N7O3Si. The summed E-state index contributed by atoms with van der Waals surface area (Å²) in [4.78, 5) is 23.7. The number of carbonyl (C=O) groups is 1. The maximum absolute atomic E-state index is 11.3. The monoisotopic (exact) mass is 615 g/mol. The van der Waals surface area contributed by atoms with E-state index < -0.39 is 14.2 Å². The van der Waals surface area contributed by atoms with Crippen LogP contribution in [0.5, 0.6) is 0 Å². The van der Waals surface area contributed by atoms with E-state index in [0.29, 0.717) is 28.9 Å². The van der Waals surface area contributed by atoms with Crippen molar-refractivity contribution in [3.63, 3.8) is 0 Å². The first-order chi connectivity index (χ1) is 19.5. The highest BCUT2D eigenvalue weighted by Gasteiger charge is 2.42. The van der Waals surface area contributed by atoms with Crippen molar-refractivity contribution in [3.8, 4) is 11.1 Å². The van der Waals surface area contributed by atoms with Crippen molar-refractivity contribution in [1.82, 2.24) is 29.6 Å². The summed E-state index contributed by atoms with van der Waals surface area (Å²) in [6.07, 6.45) is 6.42. The third-order valence-electron chi connectivity index (χ3n) is 8.26. The number of anilines is 1. The summed E-state index contributed by atoms with van der Waals surface area (Å²) in [6, 6.07) is 5.35. The van der Waals surface area contributed by atoms with E-state index >= 15 is 0 Å². The quantitative estimate of drug-likeness (QED) is 0.175. The molecule has 3 aromatic heterocycles. The number of nitrogens with zero attached hydrogens (tertiary/aromatic N) is 6. The molecule has 41 heavy (non-hydrogen) atoms. The Hall–Kier alpha value is -2.86. The van der Waals surface area contributed by atoms with Crippen LogP contribution in [0.25, 0.3) is 33.2 Å². The van der Waals surface area contributed by atoms with Gasteiger partial charge in [0.05, 0.1) is 22.1 Å². The Bertz CT molecular complexity index is 1620. The Kier molecular flexibility index (Phi) is 7.42. The number of carboxylic acid groups (broad SMARTS) is 1. The molecule has 0 spiro atoms. The van der Waals surface area contributed by atoms with Gasteiger partial charge in [-0.3, -0.25) is 4.68 Å². The van der Waals surface area contributed by atoms with Crippen LogP contribution in [0.1, 0.15) is 25.7 Å². The number of fused-ring (bicyclic) bond motifs is 4. The minimum Gasteiger partial charge on any atom is -0.465 e. The fourth-order valence-electron chi connectivity index (χ4n) is 6.26. The highest BCUT2D eigenvalue weighted by Crippen LogP contribution is 2.42. The molecular weight excluding hydrogens is 581 g/mol. The van der Waals surface area contributed by atoms with Crippen molar-refractivity contribution < 1.29 is 14.6 Å². The molecule has 6 rings (SSSR count). The molecule has 2 saturated heterocycles. The summed E-state index contributed by atoms with van der Waals surface area (Å²) in [7, 11) is 0.556. The molecule has 0 radical (unpaired) electrons. The summed E-state index contributed by atoms with van der Waals surface area (Å²) >= 11 is 13.5. The van der Waals surface area contributed by atoms with Crippen molar-refractivity contribution >= 4 is 65.3 Å². The van der Waals surface area contributed by atoms with E-state index in [-0.39, 0.29) is 18.1 Å². The molecule has 2 unspecified atom stereocenters. The maximum atomic E-state index is 11.3. The molecule has 2 atom stereocenters. The molecule has 1 amide bonds. The van der Waals surface area contributed by atoms with E-state index in [2.05, 4.69) is 35.0 Å². The number of hydrogen-bond acceptors (Lipinski definition) is 6. The molecule has 0 aliphatic carbocycles. The lowest BCUT2D eigenvalue weighted by Gasteiger charge is -2.39. The molecule has 2 fully saturated rings. The normalized spacial score (nSPS) is 20.8. The predicted molar refractivity (Wildman–Crippen MR) is 165 cm³/mol. The minimum absolute atomic E-state index is 0.0375. The van der Waals surface area contributed by atoms with Crippen LogP contribution in [0.15, 0.2) is 24.5 Å². The van der Waals surface area contributed by atoms with E-state index in [0.717, 1.165) is 65.4 Å². The van der Waals surface area contributed by atoms with Gasteiger partial charge >= 0.3 is 6.09 Å². The van der Waals surface area contributed by atoms with Crippen molar-refractivity contribution in [2.45, 2.75) is 76.2 Å². The van der Waals surface area contributed by atoms with E-state index in [4.69, 9.17) is 37.9 Å². The molecule has 218 valence electrons. The fraction of sp³-hybridized carbons (Fsp3) is 0.500. The van der Waals surface area contributed by atoms with Gasteiger partial charge in [-0.1, -0.05) is 48.9 Å². The van der Waals surface area contributed by atoms with Gasteiger partial charge in [-0.05, 0) is 37.8 Å². The third-order valence-corrected chi connectivity index (χ3v) is 10.8. The first-order valence-electron chi connectivity index (χ1n) is 14.0. The Morgan fingerprint density at radius 2 is 1.90 bits per heavy atom. The first kappa shape index (κ1) is 28.3.